The highest BCUT2D eigenvalue weighted by Crippen LogP contribution is 2.28. The van der Waals surface area contributed by atoms with Gasteiger partial charge in [0.1, 0.15) is 5.76 Å². The zero-order valence-electron chi connectivity index (χ0n) is 13.1. The van der Waals surface area contributed by atoms with Gasteiger partial charge in [0, 0.05) is 24.6 Å². The smallest absolute Gasteiger partial charge is 0.287 e. The second-order valence-electron chi connectivity index (χ2n) is 5.35. The van der Waals surface area contributed by atoms with E-state index in [0.29, 0.717) is 23.9 Å². The first-order chi connectivity index (χ1) is 11.0. The van der Waals surface area contributed by atoms with Crippen LogP contribution in [0.4, 0.5) is 0 Å². The van der Waals surface area contributed by atoms with Crippen molar-refractivity contribution in [2.45, 2.75) is 13.8 Å². The van der Waals surface area contributed by atoms with Crippen LogP contribution in [0, 0.1) is 5.92 Å². The number of nitrogens with one attached hydrogen (secondary N) is 2. The molecule has 5 nitrogen and oxygen atoms in total. The number of amides is 2. The molecule has 2 aromatic rings. The molecule has 1 aromatic carbocycles. The maximum absolute atomic E-state index is 12.0. The highest BCUT2D eigenvalue weighted by Gasteiger charge is 2.13. The summed E-state index contributed by atoms with van der Waals surface area (Å²) in [6, 6.07) is 10.6. The van der Waals surface area contributed by atoms with E-state index in [-0.39, 0.29) is 23.5 Å². The molecule has 0 aliphatic rings. The summed E-state index contributed by atoms with van der Waals surface area (Å²) >= 11 is 6.10. The van der Waals surface area contributed by atoms with E-state index in [1.807, 2.05) is 32.0 Å². The van der Waals surface area contributed by atoms with Crippen molar-refractivity contribution in [2.24, 2.45) is 5.92 Å². The lowest BCUT2D eigenvalue weighted by atomic mass is 10.2. The maximum atomic E-state index is 12.0. The molecule has 1 heterocycles. The van der Waals surface area contributed by atoms with E-state index in [9.17, 15) is 9.59 Å². The zero-order valence-corrected chi connectivity index (χ0v) is 13.8. The molecule has 6 heteroatoms. The molecule has 0 radical (unpaired) electrons. The first-order valence-corrected chi connectivity index (χ1v) is 7.77. The number of rotatable bonds is 6. The third-order valence-electron chi connectivity index (χ3n) is 3.20. The van der Waals surface area contributed by atoms with Crippen molar-refractivity contribution in [2.75, 3.05) is 13.1 Å². The second kappa shape index (κ2) is 7.83. The predicted molar refractivity (Wildman–Crippen MR) is 89.3 cm³/mol. The average Bonchev–Trinajstić information content (AvgIpc) is 3.01. The molecule has 0 saturated carbocycles. The highest BCUT2D eigenvalue weighted by atomic mass is 35.5. The fourth-order valence-electron chi connectivity index (χ4n) is 1.92. The van der Waals surface area contributed by atoms with E-state index < -0.39 is 0 Å². The molecule has 0 spiro atoms. The average molecular weight is 335 g/mol. The van der Waals surface area contributed by atoms with Gasteiger partial charge >= 0.3 is 0 Å². The van der Waals surface area contributed by atoms with Crippen LogP contribution in [0.1, 0.15) is 24.4 Å². The molecule has 1 aromatic heterocycles. The van der Waals surface area contributed by atoms with E-state index in [1.165, 1.54) is 0 Å². The lowest BCUT2D eigenvalue weighted by Crippen LogP contribution is -2.36. The maximum Gasteiger partial charge on any atom is 0.287 e. The minimum atomic E-state index is -0.331. The fraction of sp³-hybridized carbons (Fsp3) is 0.294. The fourth-order valence-corrected chi connectivity index (χ4v) is 2.15. The molecule has 122 valence electrons. The summed E-state index contributed by atoms with van der Waals surface area (Å²) in [6.07, 6.45) is 0. The SMILES string of the molecule is CC(C)C(=O)NCCNC(=O)c1ccc(-c2ccccc2Cl)o1. The van der Waals surface area contributed by atoms with Gasteiger partial charge in [-0.25, -0.2) is 0 Å². The van der Waals surface area contributed by atoms with Crippen LogP contribution in [0.2, 0.25) is 5.02 Å². The Kier molecular flexibility index (Phi) is 5.82. The summed E-state index contributed by atoms with van der Waals surface area (Å²) in [5.74, 6) is 0.290. The Balaban J connectivity index is 1.89. The Morgan fingerprint density at radius 2 is 1.78 bits per heavy atom. The summed E-state index contributed by atoms with van der Waals surface area (Å²) < 4.78 is 5.54. The number of carbonyl (C=O) groups is 2. The summed E-state index contributed by atoms with van der Waals surface area (Å²) in [5.41, 5.74) is 0.734. The minimum absolute atomic E-state index is 0.0433. The summed E-state index contributed by atoms with van der Waals surface area (Å²) in [4.78, 5) is 23.4. The van der Waals surface area contributed by atoms with Crippen molar-refractivity contribution in [3.8, 4) is 11.3 Å². The quantitative estimate of drug-likeness (QED) is 0.797. The number of benzene rings is 1. The van der Waals surface area contributed by atoms with Gasteiger partial charge in [-0.1, -0.05) is 37.6 Å². The molecule has 0 fully saturated rings. The van der Waals surface area contributed by atoms with Crippen LogP contribution >= 0.6 is 11.6 Å². The Morgan fingerprint density at radius 3 is 2.48 bits per heavy atom. The summed E-state index contributed by atoms with van der Waals surface area (Å²) in [5, 5.41) is 5.98. The van der Waals surface area contributed by atoms with Gasteiger partial charge in [-0.05, 0) is 24.3 Å². The van der Waals surface area contributed by atoms with Crippen LogP contribution in [0.25, 0.3) is 11.3 Å². The third-order valence-corrected chi connectivity index (χ3v) is 3.53. The lowest BCUT2D eigenvalue weighted by Gasteiger charge is -2.08. The molecule has 0 saturated heterocycles. The van der Waals surface area contributed by atoms with Gasteiger partial charge < -0.3 is 15.1 Å². The van der Waals surface area contributed by atoms with Crippen molar-refractivity contribution in [1.82, 2.24) is 10.6 Å². The Hall–Kier alpha value is -2.27. The van der Waals surface area contributed by atoms with Crippen LogP contribution in [-0.2, 0) is 4.79 Å². The first-order valence-electron chi connectivity index (χ1n) is 7.39. The van der Waals surface area contributed by atoms with Gasteiger partial charge in [0.15, 0.2) is 5.76 Å². The Labute approximate surface area is 140 Å². The standard InChI is InChI=1S/C17H19ClN2O3/c1-11(2)16(21)19-9-10-20-17(22)15-8-7-14(23-15)12-5-3-4-6-13(12)18/h3-8,11H,9-10H2,1-2H3,(H,19,21)(H,20,22). The number of hydrogen-bond donors (Lipinski definition) is 2. The van der Waals surface area contributed by atoms with Crippen LogP contribution < -0.4 is 10.6 Å². The molecule has 0 bridgehead atoms. The number of halogens is 1. The predicted octanol–water partition coefficient (Wildman–Crippen LogP) is 3.10. The van der Waals surface area contributed by atoms with E-state index in [0.717, 1.165) is 5.56 Å². The minimum Gasteiger partial charge on any atom is -0.451 e. The van der Waals surface area contributed by atoms with Crippen molar-refractivity contribution in [3.63, 3.8) is 0 Å². The molecule has 0 atom stereocenters. The molecule has 2 N–H and O–H groups in total. The van der Waals surface area contributed by atoms with Gasteiger partial charge in [-0.2, -0.15) is 0 Å². The van der Waals surface area contributed by atoms with Crippen LogP contribution in [0.15, 0.2) is 40.8 Å². The second-order valence-corrected chi connectivity index (χ2v) is 5.75. The summed E-state index contributed by atoms with van der Waals surface area (Å²) in [6.45, 7) is 4.33. The highest BCUT2D eigenvalue weighted by molar-refractivity contribution is 6.33. The molecule has 23 heavy (non-hydrogen) atoms. The van der Waals surface area contributed by atoms with Gasteiger partial charge in [-0.15, -0.1) is 0 Å². The molecular formula is C17H19ClN2O3. The van der Waals surface area contributed by atoms with Crippen molar-refractivity contribution < 1.29 is 14.0 Å². The Morgan fingerprint density at radius 1 is 1.09 bits per heavy atom. The molecule has 0 aliphatic carbocycles. The molecule has 0 unspecified atom stereocenters. The van der Waals surface area contributed by atoms with Crippen LogP contribution in [0.5, 0.6) is 0 Å². The van der Waals surface area contributed by atoms with Crippen molar-refractivity contribution in [3.05, 3.63) is 47.2 Å². The molecular weight excluding hydrogens is 316 g/mol. The number of hydrogen-bond acceptors (Lipinski definition) is 3. The normalized spacial score (nSPS) is 10.6. The van der Waals surface area contributed by atoms with Crippen molar-refractivity contribution in [1.29, 1.82) is 0 Å². The number of furan rings is 1. The van der Waals surface area contributed by atoms with Gasteiger partial charge in [0.05, 0.1) is 5.02 Å². The van der Waals surface area contributed by atoms with E-state index in [1.54, 1.807) is 18.2 Å². The topological polar surface area (TPSA) is 71.3 Å². The van der Waals surface area contributed by atoms with Crippen LogP contribution in [0.3, 0.4) is 0 Å². The molecule has 0 aliphatic heterocycles. The van der Waals surface area contributed by atoms with E-state index in [2.05, 4.69) is 10.6 Å². The number of carbonyl (C=O) groups excluding carboxylic acids is 2. The Bertz CT molecular complexity index is 695. The van der Waals surface area contributed by atoms with Crippen LogP contribution in [-0.4, -0.2) is 24.9 Å². The molecule has 2 amide bonds. The van der Waals surface area contributed by atoms with E-state index >= 15 is 0 Å². The van der Waals surface area contributed by atoms with Crippen molar-refractivity contribution >= 4 is 23.4 Å². The molecule has 2 rings (SSSR count). The third kappa shape index (κ3) is 4.60. The summed E-state index contributed by atoms with van der Waals surface area (Å²) in [7, 11) is 0. The van der Waals surface area contributed by atoms with Gasteiger partial charge in [0.25, 0.3) is 5.91 Å². The van der Waals surface area contributed by atoms with Gasteiger partial charge in [-0.3, -0.25) is 9.59 Å². The van der Waals surface area contributed by atoms with E-state index in [4.69, 9.17) is 16.0 Å². The monoisotopic (exact) mass is 334 g/mol. The lowest BCUT2D eigenvalue weighted by molar-refractivity contribution is -0.123. The zero-order chi connectivity index (χ0) is 16.8. The van der Waals surface area contributed by atoms with Gasteiger partial charge in [0.2, 0.25) is 5.91 Å². The largest absolute Gasteiger partial charge is 0.451 e. The first kappa shape index (κ1) is 17.1.